The van der Waals surface area contributed by atoms with Gasteiger partial charge in [0.25, 0.3) is 0 Å². The Morgan fingerprint density at radius 1 is 1.47 bits per heavy atom. The number of halogens is 1. The van der Waals surface area contributed by atoms with Crippen molar-refractivity contribution in [3.05, 3.63) is 22.7 Å². The van der Waals surface area contributed by atoms with Gasteiger partial charge in [0.1, 0.15) is 0 Å². The zero-order chi connectivity index (χ0) is 12.8. The molecule has 0 aliphatic rings. The molecule has 0 radical (unpaired) electrons. The van der Waals surface area contributed by atoms with Crippen LogP contribution in [-0.4, -0.2) is 30.0 Å². The second kappa shape index (κ2) is 6.69. The van der Waals surface area contributed by atoms with Crippen molar-refractivity contribution in [2.45, 2.75) is 25.9 Å². The number of phenolic OH excluding ortho intramolecular Hbond substituents is 1. The van der Waals surface area contributed by atoms with E-state index in [1.807, 2.05) is 6.92 Å². The highest BCUT2D eigenvalue weighted by Gasteiger charge is 2.11. The summed E-state index contributed by atoms with van der Waals surface area (Å²) in [6.07, 6.45) is 0.814. The first-order chi connectivity index (χ1) is 8.12. The summed E-state index contributed by atoms with van der Waals surface area (Å²) in [5.41, 5.74) is 0.654. The maximum absolute atomic E-state index is 9.89. The van der Waals surface area contributed by atoms with Crippen molar-refractivity contribution in [1.29, 1.82) is 0 Å². The zero-order valence-corrected chi connectivity index (χ0v) is 10.8. The summed E-state index contributed by atoms with van der Waals surface area (Å²) in [5.74, 6) is 0.434. The van der Waals surface area contributed by atoms with Gasteiger partial charge in [-0.15, -0.1) is 0 Å². The molecule has 0 aliphatic heterocycles. The predicted octanol–water partition coefficient (Wildman–Crippen LogP) is 1.91. The van der Waals surface area contributed by atoms with Gasteiger partial charge in [0.2, 0.25) is 0 Å². The molecule has 3 N–H and O–H groups in total. The second-order valence-electron chi connectivity index (χ2n) is 3.78. The summed E-state index contributed by atoms with van der Waals surface area (Å²) >= 11 is 5.92. The molecule has 1 atom stereocenters. The Bertz CT molecular complexity index is 367. The number of aliphatic hydroxyl groups is 1. The maximum Gasteiger partial charge on any atom is 0.162 e. The fraction of sp³-hybridized carbons (Fsp3) is 0.500. The summed E-state index contributed by atoms with van der Waals surface area (Å²) in [6, 6.07) is 3.25. The van der Waals surface area contributed by atoms with Crippen LogP contribution in [0.2, 0.25) is 5.02 Å². The Morgan fingerprint density at radius 3 is 2.71 bits per heavy atom. The molecule has 0 amide bonds. The Morgan fingerprint density at radius 2 is 2.18 bits per heavy atom. The Hall–Kier alpha value is -0.970. The minimum absolute atomic E-state index is 0.0133. The highest BCUT2D eigenvalue weighted by molar-refractivity contribution is 6.30. The number of hydrogen-bond donors (Lipinski definition) is 3. The van der Waals surface area contributed by atoms with E-state index in [0.717, 1.165) is 6.42 Å². The van der Waals surface area contributed by atoms with Crippen molar-refractivity contribution in [1.82, 2.24) is 5.32 Å². The van der Waals surface area contributed by atoms with Crippen molar-refractivity contribution in [3.63, 3.8) is 0 Å². The number of rotatable bonds is 6. The third-order valence-electron chi connectivity index (χ3n) is 2.63. The van der Waals surface area contributed by atoms with Crippen molar-refractivity contribution in [2.75, 3.05) is 13.7 Å². The molecule has 0 saturated carbocycles. The molecule has 0 aliphatic carbocycles. The maximum atomic E-state index is 9.89. The number of benzene rings is 1. The average molecular weight is 260 g/mol. The van der Waals surface area contributed by atoms with E-state index in [2.05, 4.69) is 5.32 Å². The molecule has 1 rings (SSSR count). The molecule has 0 spiro atoms. The van der Waals surface area contributed by atoms with Crippen molar-refractivity contribution in [3.8, 4) is 11.5 Å². The third-order valence-corrected chi connectivity index (χ3v) is 2.85. The van der Waals surface area contributed by atoms with Crippen molar-refractivity contribution >= 4 is 11.6 Å². The summed E-state index contributed by atoms with van der Waals surface area (Å²) in [4.78, 5) is 0. The minimum Gasteiger partial charge on any atom is -0.504 e. The average Bonchev–Trinajstić information content (AvgIpc) is 2.34. The monoisotopic (exact) mass is 259 g/mol. The van der Waals surface area contributed by atoms with E-state index in [1.54, 1.807) is 12.1 Å². The molecule has 0 aromatic heterocycles. The fourth-order valence-corrected chi connectivity index (χ4v) is 1.74. The number of methoxy groups -OCH3 is 1. The highest BCUT2D eigenvalue weighted by Crippen LogP contribution is 2.33. The summed E-state index contributed by atoms with van der Waals surface area (Å²) < 4.78 is 5.01. The third kappa shape index (κ3) is 3.77. The lowest BCUT2D eigenvalue weighted by Crippen LogP contribution is -2.31. The van der Waals surface area contributed by atoms with Crippen LogP contribution in [0.1, 0.15) is 18.9 Å². The van der Waals surface area contributed by atoms with E-state index in [-0.39, 0.29) is 18.4 Å². The van der Waals surface area contributed by atoms with Gasteiger partial charge in [0, 0.05) is 29.2 Å². The lowest BCUT2D eigenvalue weighted by molar-refractivity contribution is 0.237. The van der Waals surface area contributed by atoms with Gasteiger partial charge in [-0.25, -0.2) is 0 Å². The van der Waals surface area contributed by atoms with E-state index >= 15 is 0 Å². The van der Waals surface area contributed by atoms with E-state index in [1.165, 1.54) is 7.11 Å². The highest BCUT2D eigenvalue weighted by atomic mass is 35.5. The Kier molecular flexibility index (Phi) is 5.55. The largest absolute Gasteiger partial charge is 0.504 e. The molecule has 96 valence electrons. The van der Waals surface area contributed by atoms with Gasteiger partial charge in [-0.2, -0.15) is 0 Å². The Balaban J connectivity index is 2.80. The smallest absolute Gasteiger partial charge is 0.162 e. The number of hydrogen-bond acceptors (Lipinski definition) is 4. The molecule has 5 heteroatoms. The van der Waals surface area contributed by atoms with Gasteiger partial charge in [0.05, 0.1) is 13.7 Å². The van der Waals surface area contributed by atoms with E-state index in [9.17, 15) is 5.11 Å². The zero-order valence-electron chi connectivity index (χ0n) is 10.0. The van der Waals surface area contributed by atoms with Crippen molar-refractivity contribution in [2.24, 2.45) is 0 Å². The summed E-state index contributed by atoms with van der Waals surface area (Å²) in [7, 11) is 1.48. The predicted molar refractivity (Wildman–Crippen MR) is 67.7 cm³/mol. The number of ether oxygens (including phenoxy) is 1. The molecule has 4 nitrogen and oxygen atoms in total. The second-order valence-corrected chi connectivity index (χ2v) is 4.22. The van der Waals surface area contributed by atoms with Crippen LogP contribution in [0, 0.1) is 0 Å². The van der Waals surface area contributed by atoms with Crippen LogP contribution in [0.3, 0.4) is 0 Å². The van der Waals surface area contributed by atoms with Crippen LogP contribution < -0.4 is 10.1 Å². The number of nitrogens with one attached hydrogen (secondary N) is 1. The molecule has 0 bridgehead atoms. The van der Waals surface area contributed by atoms with Crippen LogP contribution in [0.25, 0.3) is 0 Å². The quantitative estimate of drug-likeness (QED) is 0.730. The van der Waals surface area contributed by atoms with Crippen LogP contribution in [0.5, 0.6) is 11.5 Å². The first-order valence-corrected chi connectivity index (χ1v) is 5.89. The number of phenols is 1. The van der Waals surface area contributed by atoms with Crippen LogP contribution in [-0.2, 0) is 6.54 Å². The molecular weight excluding hydrogens is 242 g/mol. The van der Waals surface area contributed by atoms with Crippen LogP contribution in [0.4, 0.5) is 0 Å². The first-order valence-electron chi connectivity index (χ1n) is 5.52. The Labute approximate surface area is 106 Å². The van der Waals surface area contributed by atoms with Gasteiger partial charge in [-0.05, 0) is 12.5 Å². The van der Waals surface area contributed by atoms with E-state index in [4.69, 9.17) is 21.4 Å². The van der Waals surface area contributed by atoms with E-state index < -0.39 is 0 Å². The molecule has 1 unspecified atom stereocenters. The molecule has 1 aromatic rings. The van der Waals surface area contributed by atoms with Gasteiger partial charge in [0.15, 0.2) is 11.5 Å². The molecule has 17 heavy (non-hydrogen) atoms. The molecule has 0 saturated heterocycles. The van der Waals surface area contributed by atoms with Gasteiger partial charge >= 0.3 is 0 Å². The molecular formula is C12H18ClNO3. The number of aliphatic hydroxyl groups excluding tert-OH is 1. The fourth-order valence-electron chi connectivity index (χ4n) is 1.51. The molecule has 1 aromatic carbocycles. The normalized spacial score (nSPS) is 12.5. The lowest BCUT2D eigenvalue weighted by atomic mass is 10.1. The topological polar surface area (TPSA) is 61.7 Å². The molecule has 0 fully saturated rings. The van der Waals surface area contributed by atoms with Gasteiger partial charge in [-0.1, -0.05) is 18.5 Å². The SMILES string of the molecule is CCC(CO)NCc1cc(Cl)cc(OC)c1O. The van der Waals surface area contributed by atoms with Crippen molar-refractivity contribution < 1.29 is 14.9 Å². The van der Waals surface area contributed by atoms with E-state index in [0.29, 0.717) is 22.9 Å². The molecule has 0 heterocycles. The summed E-state index contributed by atoms with van der Waals surface area (Å²) in [5, 5.41) is 22.6. The van der Waals surface area contributed by atoms with Crippen LogP contribution in [0.15, 0.2) is 12.1 Å². The lowest BCUT2D eigenvalue weighted by Gasteiger charge is -2.15. The minimum atomic E-state index is 0.0133. The van der Waals surface area contributed by atoms with Gasteiger partial charge in [-0.3, -0.25) is 0 Å². The van der Waals surface area contributed by atoms with Gasteiger partial charge < -0.3 is 20.3 Å². The first kappa shape index (κ1) is 14.1. The van der Waals surface area contributed by atoms with Crippen LogP contribution >= 0.6 is 11.6 Å². The summed E-state index contributed by atoms with van der Waals surface area (Å²) in [6.45, 7) is 2.48. The standard InChI is InChI=1S/C12H18ClNO3/c1-3-10(7-15)14-6-8-4-9(13)5-11(17-2)12(8)16/h4-5,10,14-16H,3,6-7H2,1-2H3. The number of aromatic hydroxyl groups is 1.